The Balaban J connectivity index is 1.57. The second-order valence-electron chi connectivity index (χ2n) is 7.10. The monoisotopic (exact) mass is 464 g/mol. The largest absolute Gasteiger partial charge is 0.488 e. The first-order chi connectivity index (χ1) is 15.9. The molecule has 33 heavy (non-hydrogen) atoms. The molecule has 1 heterocycles. The highest BCUT2D eigenvalue weighted by Crippen LogP contribution is 2.30. The van der Waals surface area contributed by atoms with Gasteiger partial charge >= 0.3 is 5.97 Å². The van der Waals surface area contributed by atoms with Gasteiger partial charge in [0.05, 0.1) is 21.2 Å². The summed E-state index contributed by atoms with van der Waals surface area (Å²) in [7, 11) is 0. The van der Waals surface area contributed by atoms with Gasteiger partial charge < -0.3 is 14.8 Å². The van der Waals surface area contributed by atoms with Gasteiger partial charge in [0.15, 0.2) is 0 Å². The van der Waals surface area contributed by atoms with Gasteiger partial charge in [0.2, 0.25) is 6.10 Å². The summed E-state index contributed by atoms with van der Waals surface area (Å²) in [5.74, 6) is -0.717. The van der Waals surface area contributed by atoms with Crippen molar-refractivity contribution in [1.82, 2.24) is 0 Å². The number of nitro benzene ring substituents is 1. The summed E-state index contributed by atoms with van der Waals surface area (Å²) in [6.45, 7) is 0.00710. The zero-order valence-corrected chi connectivity index (χ0v) is 17.8. The van der Waals surface area contributed by atoms with Crippen LogP contribution < -0.4 is 10.1 Å². The summed E-state index contributed by atoms with van der Waals surface area (Å²) >= 11 is 6.09. The maximum atomic E-state index is 13.1. The number of fused-ring (bicyclic) bond motifs is 1. The standard InChI is InChI=1S/C24H17ClN2O6/c25-19-13-18(27(30)31)10-11-20(19)26-23(28)22(15-6-2-1-3-7-15)33-24(29)17-12-16-8-4-5-9-21(16)32-14-17/h1-13,22H,14H2,(H,26,28). The fourth-order valence-corrected chi connectivity index (χ4v) is 3.46. The van der Waals surface area contributed by atoms with Crippen molar-refractivity contribution >= 4 is 40.9 Å². The number of halogens is 1. The Labute approximate surface area is 193 Å². The van der Waals surface area contributed by atoms with E-state index in [1.807, 2.05) is 12.1 Å². The molecule has 8 nitrogen and oxygen atoms in total. The predicted octanol–water partition coefficient (Wildman–Crippen LogP) is 4.95. The number of non-ortho nitro benzene ring substituents is 1. The van der Waals surface area contributed by atoms with Crippen LogP contribution in [0.3, 0.4) is 0 Å². The zero-order chi connectivity index (χ0) is 23.4. The molecule has 0 bridgehead atoms. The third-order valence-corrected chi connectivity index (χ3v) is 5.19. The predicted molar refractivity (Wildman–Crippen MR) is 122 cm³/mol. The van der Waals surface area contributed by atoms with Crippen molar-refractivity contribution in [2.75, 3.05) is 11.9 Å². The molecule has 0 aliphatic carbocycles. The van der Waals surface area contributed by atoms with Crippen LogP contribution in [0.2, 0.25) is 5.02 Å². The average molecular weight is 465 g/mol. The number of esters is 1. The lowest BCUT2D eigenvalue weighted by Crippen LogP contribution is -2.28. The number of amides is 1. The van der Waals surface area contributed by atoms with Gasteiger partial charge in [-0.15, -0.1) is 0 Å². The van der Waals surface area contributed by atoms with Gasteiger partial charge in [0, 0.05) is 23.3 Å². The zero-order valence-electron chi connectivity index (χ0n) is 17.1. The Morgan fingerprint density at radius 2 is 1.79 bits per heavy atom. The van der Waals surface area contributed by atoms with Gasteiger partial charge in [-0.1, -0.05) is 60.1 Å². The van der Waals surface area contributed by atoms with E-state index in [1.54, 1.807) is 48.5 Å². The van der Waals surface area contributed by atoms with Gasteiger partial charge in [-0.05, 0) is 18.2 Å². The summed E-state index contributed by atoms with van der Waals surface area (Å²) < 4.78 is 11.2. The fourth-order valence-electron chi connectivity index (χ4n) is 3.23. The van der Waals surface area contributed by atoms with Gasteiger partial charge in [-0.3, -0.25) is 14.9 Å². The van der Waals surface area contributed by atoms with E-state index >= 15 is 0 Å². The molecule has 1 aliphatic rings. The molecule has 0 saturated heterocycles. The van der Waals surface area contributed by atoms with Crippen LogP contribution in [0.4, 0.5) is 11.4 Å². The molecule has 1 atom stereocenters. The Morgan fingerprint density at radius 3 is 2.52 bits per heavy atom. The quantitative estimate of drug-likeness (QED) is 0.314. The lowest BCUT2D eigenvalue weighted by Gasteiger charge is -2.21. The van der Waals surface area contributed by atoms with Gasteiger partial charge in [-0.2, -0.15) is 0 Å². The molecule has 3 aromatic rings. The molecule has 1 unspecified atom stereocenters. The Hall–Kier alpha value is -4.17. The number of hydrogen-bond donors (Lipinski definition) is 1. The number of nitro groups is 1. The third kappa shape index (κ3) is 5.02. The molecule has 1 amide bonds. The minimum atomic E-state index is -1.29. The van der Waals surface area contributed by atoms with Crippen molar-refractivity contribution in [3.05, 3.63) is 105 Å². The number of anilines is 1. The average Bonchev–Trinajstić information content (AvgIpc) is 2.83. The molecule has 0 fully saturated rings. The lowest BCUT2D eigenvalue weighted by atomic mass is 10.1. The van der Waals surface area contributed by atoms with Crippen molar-refractivity contribution in [2.24, 2.45) is 0 Å². The number of carbonyl (C=O) groups is 2. The highest BCUT2D eigenvalue weighted by Gasteiger charge is 2.28. The van der Waals surface area contributed by atoms with Crippen molar-refractivity contribution in [2.45, 2.75) is 6.10 Å². The number of hydrogen-bond acceptors (Lipinski definition) is 6. The number of para-hydroxylation sites is 1. The molecular formula is C24H17ClN2O6. The van der Waals surface area contributed by atoms with E-state index in [4.69, 9.17) is 21.1 Å². The highest BCUT2D eigenvalue weighted by molar-refractivity contribution is 6.34. The third-order valence-electron chi connectivity index (χ3n) is 4.88. The summed E-state index contributed by atoms with van der Waals surface area (Å²) in [5.41, 5.74) is 1.37. The Kier molecular flexibility index (Phi) is 6.37. The van der Waals surface area contributed by atoms with Crippen LogP contribution in [-0.4, -0.2) is 23.4 Å². The van der Waals surface area contributed by atoms with Crippen LogP contribution in [0, 0.1) is 10.1 Å². The molecular weight excluding hydrogens is 448 g/mol. The molecule has 166 valence electrons. The second-order valence-corrected chi connectivity index (χ2v) is 7.51. The van der Waals surface area contributed by atoms with Gasteiger partial charge in [0.25, 0.3) is 11.6 Å². The maximum absolute atomic E-state index is 13.1. The molecule has 0 aromatic heterocycles. The minimum Gasteiger partial charge on any atom is -0.488 e. The first-order valence-corrected chi connectivity index (χ1v) is 10.2. The first-order valence-electron chi connectivity index (χ1n) is 9.85. The van der Waals surface area contributed by atoms with Crippen LogP contribution in [0.1, 0.15) is 17.2 Å². The van der Waals surface area contributed by atoms with Gasteiger partial charge in [0.1, 0.15) is 12.4 Å². The minimum absolute atomic E-state index is 0.00710. The summed E-state index contributed by atoms with van der Waals surface area (Å²) in [4.78, 5) is 36.3. The molecule has 0 radical (unpaired) electrons. The number of ether oxygens (including phenoxy) is 2. The molecule has 9 heteroatoms. The van der Waals surface area contributed by atoms with Crippen molar-refractivity contribution < 1.29 is 24.0 Å². The molecule has 0 saturated carbocycles. The Morgan fingerprint density at radius 1 is 1.06 bits per heavy atom. The summed E-state index contributed by atoms with van der Waals surface area (Å²) in [5, 5.41) is 13.5. The number of carbonyl (C=O) groups excluding carboxylic acids is 2. The molecule has 4 rings (SSSR count). The van der Waals surface area contributed by atoms with E-state index in [9.17, 15) is 19.7 Å². The number of rotatable bonds is 6. The van der Waals surface area contributed by atoms with E-state index < -0.39 is 22.9 Å². The summed E-state index contributed by atoms with van der Waals surface area (Å²) in [6.07, 6.45) is 0.372. The first kappa shape index (κ1) is 22.0. The Bertz CT molecular complexity index is 1260. The normalized spacial score (nSPS) is 13.1. The molecule has 0 spiro atoms. The smallest absolute Gasteiger partial charge is 0.338 e. The van der Waals surface area contributed by atoms with Crippen molar-refractivity contribution in [3.8, 4) is 5.75 Å². The van der Waals surface area contributed by atoms with E-state index in [1.165, 1.54) is 12.1 Å². The van der Waals surface area contributed by atoms with Crippen molar-refractivity contribution in [3.63, 3.8) is 0 Å². The van der Waals surface area contributed by atoms with E-state index in [0.29, 0.717) is 11.3 Å². The highest BCUT2D eigenvalue weighted by atomic mass is 35.5. The second kappa shape index (κ2) is 9.54. The van der Waals surface area contributed by atoms with Crippen LogP contribution >= 0.6 is 11.6 Å². The van der Waals surface area contributed by atoms with E-state index in [-0.39, 0.29) is 28.6 Å². The van der Waals surface area contributed by atoms with Crippen LogP contribution in [0.15, 0.2) is 78.4 Å². The van der Waals surface area contributed by atoms with Crippen molar-refractivity contribution in [1.29, 1.82) is 0 Å². The molecule has 3 aromatic carbocycles. The van der Waals surface area contributed by atoms with Crippen LogP contribution in [0.25, 0.3) is 6.08 Å². The SMILES string of the molecule is O=C(OC(C(=O)Nc1ccc([N+](=O)[O-])cc1Cl)c1ccccc1)C1=Cc2ccccc2OC1. The fraction of sp³-hybridized carbons (Fsp3) is 0.0833. The van der Waals surface area contributed by atoms with Crippen LogP contribution in [0.5, 0.6) is 5.75 Å². The van der Waals surface area contributed by atoms with E-state index in [0.717, 1.165) is 11.6 Å². The number of nitrogens with zero attached hydrogens (tertiary/aromatic N) is 1. The summed E-state index contributed by atoms with van der Waals surface area (Å²) in [6, 6.07) is 19.4. The molecule has 1 N–H and O–H groups in total. The number of nitrogens with one attached hydrogen (secondary N) is 1. The molecule has 1 aliphatic heterocycles. The lowest BCUT2D eigenvalue weighted by molar-refractivity contribution is -0.384. The van der Waals surface area contributed by atoms with Crippen LogP contribution in [-0.2, 0) is 14.3 Å². The topological polar surface area (TPSA) is 108 Å². The number of benzene rings is 3. The maximum Gasteiger partial charge on any atom is 0.338 e. The van der Waals surface area contributed by atoms with Gasteiger partial charge in [-0.25, -0.2) is 4.79 Å². The van der Waals surface area contributed by atoms with E-state index in [2.05, 4.69) is 5.32 Å².